The summed E-state index contributed by atoms with van der Waals surface area (Å²) in [4.78, 5) is 25.9. The van der Waals surface area contributed by atoms with Crippen LogP contribution in [0.2, 0.25) is 0 Å². The van der Waals surface area contributed by atoms with E-state index >= 15 is 0 Å². The predicted molar refractivity (Wildman–Crippen MR) is 127 cm³/mol. The van der Waals surface area contributed by atoms with Crippen LogP contribution in [0.4, 0.5) is 0 Å². The molecular weight excluding hydrogens is 384 g/mol. The summed E-state index contributed by atoms with van der Waals surface area (Å²) in [5.74, 6) is 1.15. The highest BCUT2D eigenvalue weighted by Gasteiger charge is 2.35. The van der Waals surface area contributed by atoms with Crippen molar-refractivity contribution in [2.24, 2.45) is 22.7 Å². The molecule has 2 saturated carbocycles. The zero-order chi connectivity index (χ0) is 23.0. The minimum atomic E-state index is -0.0639. The minimum Gasteiger partial charge on any atom is -0.349 e. The molecule has 172 valence electrons. The molecule has 1 aromatic carbocycles. The number of nitrogens with one attached hydrogen (secondary N) is 2. The topological polar surface area (TPSA) is 58.2 Å². The van der Waals surface area contributed by atoms with Gasteiger partial charge >= 0.3 is 0 Å². The van der Waals surface area contributed by atoms with E-state index < -0.39 is 0 Å². The molecule has 0 aliphatic heterocycles. The van der Waals surface area contributed by atoms with Crippen LogP contribution in [0.1, 0.15) is 106 Å². The molecule has 0 radical (unpaired) electrons. The SMILES string of the molecule is Cc1cc(C(=O)NC2CCC(C(C)(C)C)C2)cc(C(=O)NC2CCC(C(C)(C)C)C2)c1. The lowest BCUT2D eigenvalue weighted by Gasteiger charge is -2.27. The molecule has 1 aromatic rings. The van der Waals surface area contributed by atoms with Crippen molar-refractivity contribution < 1.29 is 9.59 Å². The van der Waals surface area contributed by atoms with Gasteiger partial charge in [0.15, 0.2) is 0 Å². The zero-order valence-electron chi connectivity index (χ0n) is 20.6. The third kappa shape index (κ3) is 6.11. The Bertz CT molecular complexity index is 751. The summed E-state index contributed by atoms with van der Waals surface area (Å²) < 4.78 is 0. The molecule has 2 aliphatic carbocycles. The molecule has 31 heavy (non-hydrogen) atoms. The number of carbonyl (C=O) groups is 2. The van der Waals surface area contributed by atoms with Crippen LogP contribution in [-0.4, -0.2) is 23.9 Å². The number of benzene rings is 1. The first-order chi connectivity index (χ1) is 14.3. The van der Waals surface area contributed by atoms with Crippen LogP contribution in [0.25, 0.3) is 0 Å². The maximum atomic E-state index is 12.9. The van der Waals surface area contributed by atoms with Gasteiger partial charge in [-0.1, -0.05) is 41.5 Å². The van der Waals surface area contributed by atoms with Gasteiger partial charge in [-0.25, -0.2) is 0 Å². The highest BCUT2D eigenvalue weighted by molar-refractivity contribution is 6.00. The maximum absolute atomic E-state index is 12.9. The van der Waals surface area contributed by atoms with E-state index in [9.17, 15) is 9.59 Å². The normalized spacial score (nSPS) is 26.7. The van der Waals surface area contributed by atoms with E-state index in [-0.39, 0.29) is 34.7 Å². The van der Waals surface area contributed by atoms with Crippen LogP contribution < -0.4 is 10.6 Å². The van der Waals surface area contributed by atoms with Crippen molar-refractivity contribution in [3.63, 3.8) is 0 Å². The van der Waals surface area contributed by atoms with Crippen LogP contribution in [0.15, 0.2) is 18.2 Å². The Morgan fingerprint density at radius 2 is 1.10 bits per heavy atom. The van der Waals surface area contributed by atoms with Crippen LogP contribution in [-0.2, 0) is 0 Å². The van der Waals surface area contributed by atoms with E-state index in [1.807, 2.05) is 19.1 Å². The van der Waals surface area contributed by atoms with E-state index in [0.29, 0.717) is 23.0 Å². The standard InChI is InChI=1S/C27H42N2O2/c1-17-12-18(24(30)28-22-10-8-20(15-22)26(2,3)4)14-19(13-17)25(31)29-23-11-9-21(16-23)27(5,6)7/h12-14,20-23H,8-11,15-16H2,1-7H3,(H,28,30)(H,29,31). The molecular formula is C27H42N2O2. The number of hydrogen-bond donors (Lipinski definition) is 2. The van der Waals surface area contributed by atoms with Crippen molar-refractivity contribution in [1.82, 2.24) is 10.6 Å². The molecule has 0 heterocycles. The van der Waals surface area contributed by atoms with Gasteiger partial charge in [0.2, 0.25) is 0 Å². The highest BCUT2D eigenvalue weighted by Crippen LogP contribution is 2.40. The summed E-state index contributed by atoms with van der Waals surface area (Å²) >= 11 is 0. The number of amides is 2. The van der Waals surface area contributed by atoms with Gasteiger partial charge in [0.25, 0.3) is 11.8 Å². The molecule has 0 bridgehead atoms. The van der Waals surface area contributed by atoms with E-state index in [0.717, 1.165) is 44.1 Å². The molecule has 0 saturated heterocycles. The minimum absolute atomic E-state index is 0.0639. The quantitative estimate of drug-likeness (QED) is 0.631. The molecule has 2 amide bonds. The molecule has 0 spiro atoms. The van der Waals surface area contributed by atoms with Crippen molar-refractivity contribution in [2.75, 3.05) is 0 Å². The van der Waals surface area contributed by atoms with Crippen LogP contribution >= 0.6 is 0 Å². The predicted octanol–water partition coefficient (Wildman–Crippen LogP) is 5.88. The maximum Gasteiger partial charge on any atom is 0.251 e. The second-order valence-electron chi connectivity index (χ2n) is 12.2. The molecule has 4 atom stereocenters. The molecule has 2 aliphatic rings. The lowest BCUT2D eigenvalue weighted by Crippen LogP contribution is -2.35. The van der Waals surface area contributed by atoms with Crippen molar-refractivity contribution in [3.05, 3.63) is 34.9 Å². The van der Waals surface area contributed by atoms with E-state index in [2.05, 4.69) is 52.2 Å². The van der Waals surface area contributed by atoms with E-state index in [1.54, 1.807) is 6.07 Å². The van der Waals surface area contributed by atoms with Gasteiger partial charge < -0.3 is 10.6 Å². The monoisotopic (exact) mass is 426 g/mol. The Morgan fingerprint density at radius 3 is 1.42 bits per heavy atom. The fourth-order valence-electron chi connectivity index (χ4n) is 5.38. The Hall–Kier alpha value is -1.84. The van der Waals surface area contributed by atoms with Crippen LogP contribution in [0, 0.1) is 29.6 Å². The smallest absolute Gasteiger partial charge is 0.251 e. The summed E-state index contributed by atoms with van der Waals surface area (Å²) in [7, 11) is 0. The Balaban J connectivity index is 1.62. The van der Waals surface area contributed by atoms with Gasteiger partial charge in [-0.15, -0.1) is 0 Å². The first-order valence-electron chi connectivity index (χ1n) is 12.1. The van der Waals surface area contributed by atoms with Gasteiger partial charge in [-0.2, -0.15) is 0 Å². The fourth-order valence-corrected chi connectivity index (χ4v) is 5.38. The summed E-state index contributed by atoms with van der Waals surface area (Å²) in [6.07, 6.45) is 6.45. The molecule has 4 unspecified atom stereocenters. The third-order valence-electron chi connectivity index (χ3n) is 7.59. The Labute approximate surface area is 189 Å². The van der Waals surface area contributed by atoms with Gasteiger partial charge in [-0.05, 0) is 91.9 Å². The second-order valence-corrected chi connectivity index (χ2v) is 12.2. The Kier molecular flexibility index (Phi) is 6.88. The largest absolute Gasteiger partial charge is 0.349 e. The van der Waals surface area contributed by atoms with E-state index in [1.165, 1.54) is 0 Å². The first kappa shape index (κ1) is 23.8. The summed E-state index contributed by atoms with van der Waals surface area (Å²) in [5, 5.41) is 6.43. The third-order valence-corrected chi connectivity index (χ3v) is 7.59. The van der Waals surface area contributed by atoms with Gasteiger partial charge in [0.05, 0.1) is 0 Å². The molecule has 2 N–H and O–H groups in total. The van der Waals surface area contributed by atoms with Crippen molar-refractivity contribution in [3.8, 4) is 0 Å². The fraction of sp³-hybridized carbons (Fsp3) is 0.704. The average Bonchev–Trinajstić information content (AvgIpc) is 3.30. The Morgan fingerprint density at radius 1 is 0.710 bits per heavy atom. The second kappa shape index (κ2) is 8.96. The van der Waals surface area contributed by atoms with Gasteiger partial charge in [0.1, 0.15) is 0 Å². The van der Waals surface area contributed by atoms with Crippen LogP contribution in [0.5, 0.6) is 0 Å². The van der Waals surface area contributed by atoms with Gasteiger partial charge in [-0.3, -0.25) is 9.59 Å². The highest BCUT2D eigenvalue weighted by atomic mass is 16.2. The zero-order valence-corrected chi connectivity index (χ0v) is 20.6. The number of carbonyl (C=O) groups excluding carboxylic acids is 2. The number of rotatable bonds is 4. The van der Waals surface area contributed by atoms with Crippen molar-refractivity contribution >= 4 is 11.8 Å². The van der Waals surface area contributed by atoms with Crippen molar-refractivity contribution in [2.45, 2.75) is 99.1 Å². The number of hydrogen-bond acceptors (Lipinski definition) is 2. The molecule has 4 nitrogen and oxygen atoms in total. The molecule has 3 rings (SSSR count). The molecule has 4 heteroatoms. The molecule has 0 aromatic heterocycles. The van der Waals surface area contributed by atoms with Crippen LogP contribution in [0.3, 0.4) is 0 Å². The summed E-state index contributed by atoms with van der Waals surface area (Å²) in [5.41, 5.74) is 2.67. The van der Waals surface area contributed by atoms with Gasteiger partial charge in [0, 0.05) is 23.2 Å². The lowest BCUT2D eigenvalue weighted by atomic mass is 9.80. The van der Waals surface area contributed by atoms with E-state index in [4.69, 9.17) is 0 Å². The summed E-state index contributed by atoms with van der Waals surface area (Å²) in [6.45, 7) is 15.6. The number of aryl methyl sites for hydroxylation is 1. The average molecular weight is 427 g/mol. The van der Waals surface area contributed by atoms with Crippen molar-refractivity contribution in [1.29, 1.82) is 0 Å². The summed E-state index contributed by atoms with van der Waals surface area (Å²) in [6, 6.07) is 5.97. The lowest BCUT2D eigenvalue weighted by molar-refractivity contribution is 0.0934. The molecule has 2 fully saturated rings. The first-order valence-corrected chi connectivity index (χ1v) is 12.1.